The normalized spacial score (nSPS) is 44.9. The number of carbonyl (C=O) groups excluding carboxylic acids is 1. The third-order valence-electron chi connectivity index (χ3n) is 3.86. The van der Waals surface area contributed by atoms with Gasteiger partial charge in [0.05, 0.1) is 32.0 Å². The Bertz CT molecular complexity index is 306. The summed E-state index contributed by atoms with van der Waals surface area (Å²) in [4.78, 5) is 11.9. The van der Waals surface area contributed by atoms with Gasteiger partial charge in [0, 0.05) is 18.6 Å². The Hall–Kier alpha value is -0.690. The maximum absolute atomic E-state index is 11.9. The third kappa shape index (κ3) is 1.95. The van der Waals surface area contributed by atoms with Crippen molar-refractivity contribution in [1.82, 2.24) is 5.32 Å². The SMILES string of the molecule is NC1C2CCOC2C1NC(=O)C1COCCO1. The number of nitrogens with one attached hydrogen (secondary N) is 1. The van der Waals surface area contributed by atoms with Crippen molar-refractivity contribution >= 4 is 5.91 Å². The molecular formula is C11H18N2O4. The Morgan fingerprint density at radius 1 is 1.24 bits per heavy atom. The van der Waals surface area contributed by atoms with E-state index in [2.05, 4.69) is 5.32 Å². The molecular weight excluding hydrogens is 224 g/mol. The highest BCUT2D eigenvalue weighted by atomic mass is 16.6. The van der Waals surface area contributed by atoms with Gasteiger partial charge in [0.2, 0.25) is 0 Å². The van der Waals surface area contributed by atoms with Gasteiger partial charge in [0.25, 0.3) is 5.91 Å². The molecule has 5 atom stereocenters. The van der Waals surface area contributed by atoms with Crippen LogP contribution in [-0.2, 0) is 19.0 Å². The molecule has 5 unspecified atom stereocenters. The topological polar surface area (TPSA) is 82.8 Å². The van der Waals surface area contributed by atoms with Crippen molar-refractivity contribution in [2.24, 2.45) is 11.7 Å². The molecule has 2 aliphatic heterocycles. The minimum atomic E-state index is -0.503. The van der Waals surface area contributed by atoms with Crippen molar-refractivity contribution in [3.8, 4) is 0 Å². The number of ether oxygens (including phenoxy) is 3. The van der Waals surface area contributed by atoms with Crippen LogP contribution in [0.2, 0.25) is 0 Å². The summed E-state index contributed by atoms with van der Waals surface area (Å²) in [5.74, 6) is 0.267. The van der Waals surface area contributed by atoms with E-state index in [4.69, 9.17) is 19.9 Å². The lowest BCUT2D eigenvalue weighted by Gasteiger charge is -2.46. The highest BCUT2D eigenvalue weighted by Gasteiger charge is 2.53. The van der Waals surface area contributed by atoms with Crippen LogP contribution in [0.3, 0.4) is 0 Å². The monoisotopic (exact) mass is 242 g/mol. The lowest BCUT2D eigenvalue weighted by atomic mass is 9.72. The summed E-state index contributed by atoms with van der Waals surface area (Å²) in [6.07, 6.45) is 0.594. The van der Waals surface area contributed by atoms with E-state index in [0.29, 0.717) is 25.7 Å². The van der Waals surface area contributed by atoms with E-state index in [0.717, 1.165) is 13.0 Å². The number of carbonyl (C=O) groups is 1. The Labute approximate surface area is 99.8 Å². The van der Waals surface area contributed by atoms with E-state index in [1.807, 2.05) is 0 Å². The number of hydrogen-bond donors (Lipinski definition) is 2. The van der Waals surface area contributed by atoms with E-state index < -0.39 is 6.10 Å². The molecule has 1 saturated carbocycles. The molecule has 96 valence electrons. The number of nitrogens with two attached hydrogens (primary N) is 1. The number of rotatable bonds is 2. The van der Waals surface area contributed by atoms with Crippen molar-refractivity contribution in [3.63, 3.8) is 0 Å². The van der Waals surface area contributed by atoms with Crippen LogP contribution in [0.25, 0.3) is 0 Å². The number of fused-ring (bicyclic) bond motifs is 1. The molecule has 2 heterocycles. The van der Waals surface area contributed by atoms with Gasteiger partial charge in [-0.2, -0.15) is 0 Å². The minimum absolute atomic E-state index is 0.0101. The van der Waals surface area contributed by atoms with E-state index >= 15 is 0 Å². The summed E-state index contributed by atoms with van der Waals surface area (Å²) in [6.45, 7) is 2.10. The first-order valence-corrected chi connectivity index (χ1v) is 6.14. The van der Waals surface area contributed by atoms with E-state index in [1.54, 1.807) is 0 Å². The minimum Gasteiger partial charge on any atom is -0.376 e. The molecule has 17 heavy (non-hydrogen) atoms. The Kier molecular flexibility index (Phi) is 3.04. The second-order valence-electron chi connectivity index (χ2n) is 4.83. The van der Waals surface area contributed by atoms with Crippen LogP contribution in [0.5, 0.6) is 0 Å². The fourth-order valence-corrected chi connectivity index (χ4v) is 2.82. The first-order valence-electron chi connectivity index (χ1n) is 6.14. The summed E-state index contributed by atoms with van der Waals surface area (Å²) < 4.78 is 16.1. The van der Waals surface area contributed by atoms with Crippen molar-refractivity contribution in [1.29, 1.82) is 0 Å². The molecule has 1 aliphatic carbocycles. The fraction of sp³-hybridized carbons (Fsp3) is 0.909. The van der Waals surface area contributed by atoms with Gasteiger partial charge >= 0.3 is 0 Å². The molecule has 3 N–H and O–H groups in total. The molecule has 0 aromatic carbocycles. The van der Waals surface area contributed by atoms with Crippen LogP contribution in [0.4, 0.5) is 0 Å². The molecule has 0 radical (unpaired) electrons. The average Bonchev–Trinajstić information content (AvgIpc) is 2.81. The van der Waals surface area contributed by atoms with Crippen molar-refractivity contribution in [3.05, 3.63) is 0 Å². The standard InChI is InChI=1S/C11H18N2O4/c12-8-6-1-2-17-10(6)9(8)13-11(14)7-5-15-3-4-16-7/h6-10H,1-5,12H2,(H,13,14). The Morgan fingerprint density at radius 3 is 2.88 bits per heavy atom. The summed E-state index contributed by atoms with van der Waals surface area (Å²) in [6, 6.07) is -0.0588. The third-order valence-corrected chi connectivity index (χ3v) is 3.86. The summed E-state index contributed by atoms with van der Waals surface area (Å²) in [5, 5.41) is 2.91. The number of hydrogen-bond acceptors (Lipinski definition) is 5. The van der Waals surface area contributed by atoms with E-state index in [-0.39, 0.29) is 24.1 Å². The summed E-state index contributed by atoms with van der Waals surface area (Å²) >= 11 is 0. The van der Waals surface area contributed by atoms with Crippen molar-refractivity contribution in [2.45, 2.75) is 30.7 Å². The van der Waals surface area contributed by atoms with Gasteiger partial charge in [-0.1, -0.05) is 0 Å². The molecule has 0 aromatic rings. The van der Waals surface area contributed by atoms with Crippen LogP contribution in [0.1, 0.15) is 6.42 Å². The molecule has 1 amide bonds. The number of amides is 1. The summed E-state index contributed by atoms with van der Waals surface area (Å²) in [5.41, 5.74) is 6.02. The molecule has 0 spiro atoms. The molecule has 0 aromatic heterocycles. The van der Waals surface area contributed by atoms with Crippen molar-refractivity contribution in [2.75, 3.05) is 26.4 Å². The van der Waals surface area contributed by atoms with Gasteiger partial charge in [0.15, 0.2) is 6.10 Å². The molecule has 6 heteroatoms. The maximum atomic E-state index is 11.9. The molecule has 6 nitrogen and oxygen atoms in total. The highest BCUT2D eigenvalue weighted by molar-refractivity contribution is 5.81. The second-order valence-corrected chi connectivity index (χ2v) is 4.83. The molecule has 3 fully saturated rings. The summed E-state index contributed by atoms with van der Waals surface area (Å²) in [7, 11) is 0. The fourth-order valence-electron chi connectivity index (χ4n) is 2.82. The smallest absolute Gasteiger partial charge is 0.251 e. The predicted molar refractivity (Wildman–Crippen MR) is 58.3 cm³/mol. The second kappa shape index (κ2) is 4.53. The lowest BCUT2D eigenvalue weighted by Crippen LogP contribution is -2.70. The zero-order valence-electron chi connectivity index (χ0n) is 9.63. The molecule has 0 bridgehead atoms. The molecule has 2 saturated heterocycles. The molecule has 3 aliphatic rings. The van der Waals surface area contributed by atoms with Crippen LogP contribution in [0.15, 0.2) is 0 Å². The molecule has 3 rings (SSSR count). The first kappa shape index (κ1) is 11.4. The van der Waals surface area contributed by atoms with Crippen LogP contribution >= 0.6 is 0 Å². The van der Waals surface area contributed by atoms with Gasteiger partial charge < -0.3 is 25.3 Å². The highest BCUT2D eigenvalue weighted by Crippen LogP contribution is 2.37. The maximum Gasteiger partial charge on any atom is 0.251 e. The van der Waals surface area contributed by atoms with E-state index in [9.17, 15) is 4.79 Å². The quantitative estimate of drug-likeness (QED) is 0.624. The van der Waals surface area contributed by atoms with Crippen LogP contribution in [-0.4, -0.2) is 56.6 Å². The van der Waals surface area contributed by atoms with Gasteiger partial charge in [-0.05, 0) is 6.42 Å². The average molecular weight is 242 g/mol. The van der Waals surface area contributed by atoms with Crippen LogP contribution < -0.4 is 11.1 Å². The van der Waals surface area contributed by atoms with Gasteiger partial charge in [-0.15, -0.1) is 0 Å². The predicted octanol–water partition coefficient (Wildman–Crippen LogP) is -1.37. The zero-order chi connectivity index (χ0) is 11.8. The largest absolute Gasteiger partial charge is 0.376 e. The van der Waals surface area contributed by atoms with Crippen molar-refractivity contribution < 1.29 is 19.0 Å². The zero-order valence-corrected chi connectivity index (χ0v) is 9.63. The lowest BCUT2D eigenvalue weighted by molar-refractivity contribution is -0.151. The van der Waals surface area contributed by atoms with Gasteiger partial charge in [-0.3, -0.25) is 4.79 Å². The van der Waals surface area contributed by atoms with Gasteiger partial charge in [-0.25, -0.2) is 0 Å². The van der Waals surface area contributed by atoms with Gasteiger partial charge in [0.1, 0.15) is 0 Å². The Balaban J connectivity index is 1.54. The first-order chi connectivity index (χ1) is 8.27. The van der Waals surface area contributed by atoms with E-state index in [1.165, 1.54) is 0 Å². The van der Waals surface area contributed by atoms with Crippen LogP contribution in [0, 0.1) is 5.92 Å². The Morgan fingerprint density at radius 2 is 2.12 bits per heavy atom.